The lowest BCUT2D eigenvalue weighted by atomic mass is 9.98. The molecular formula is C18H19N3O4S. The highest BCUT2D eigenvalue weighted by Gasteiger charge is 2.30. The summed E-state index contributed by atoms with van der Waals surface area (Å²) in [6.07, 6.45) is 1.64. The Morgan fingerprint density at radius 3 is 2.92 bits per heavy atom. The molecule has 0 radical (unpaired) electrons. The molecule has 0 spiro atoms. The number of fused-ring (bicyclic) bond motifs is 1. The largest absolute Gasteiger partial charge is 0.343 e. The summed E-state index contributed by atoms with van der Waals surface area (Å²) in [5, 5.41) is 15.4. The number of rotatable bonds is 5. The number of carbonyl (C=O) groups excluding carboxylic acids is 2. The van der Waals surface area contributed by atoms with E-state index in [4.69, 9.17) is 0 Å². The van der Waals surface area contributed by atoms with E-state index in [1.807, 2.05) is 17.2 Å². The van der Waals surface area contributed by atoms with Crippen LogP contribution in [0.1, 0.15) is 40.2 Å². The Morgan fingerprint density at radius 2 is 2.19 bits per heavy atom. The maximum Gasteiger partial charge on any atom is 0.270 e. The van der Waals surface area contributed by atoms with Gasteiger partial charge in [0.25, 0.3) is 11.6 Å². The number of hydrogen-bond acceptors (Lipinski definition) is 5. The van der Waals surface area contributed by atoms with E-state index in [-0.39, 0.29) is 29.7 Å². The first-order valence-corrected chi connectivity index (χ1v) is 9.27. The molecule has 1 aliphatic heterocycles. The monoisotopic (exact) mass is 373 g/mol. The van der Waals surface area contributed by atoms with Crippen molar-refractivity contribution < 1.29 is 14.5 Å². The summed E-state index contributed by atoms with van der Waals surface area (Å²) in [7, 11) is 0. The van der Waals surface area contributed by atoms with E-state index in [1.54, 1.807) is 11.3 Å². The number of benzene rings is 1. The number of nitro benzene ring substituents is 1. The van der Waals surface area contributed by atoms with Crippen molar-refractivity contribution in [3.63, 3.8) is 0 Å². The summed E-state index contributed by atoms with van der Waals surface area (Å²) < 4.78 is 0. The van der Waals surface area contributed by atoms with Crippen molar-refractivity contribution in [3.8, 4) is 0 Å². The van der Waals surface area contributed by atoms with Crippen molar-refractivity contribution in [1.82, 2.24) is 10.2 Å². The minimum atomic E-state index is -0.556. The van der Waals surface area contributed by atoms with Crippen molar-refractivity contribution in [2.75, 3.05) is 13.1 Å². The second-order valence-electron chi connectivity index (χ2n) is 6.05. The van der Waals surface area contributed by atoms with Gasteiger partial charge in [-0.25, -0.2) is 0 Å². The van der Waals surface area contributed by atoms with Gasteiger partial charge in [0.2, 0.25) is 5.91 Å². The number of nitrogens with one attached hydrogen (secondary N) is 1. The molecule has 8 heteroatoms. The number of non-ortho nitro benzene ring substituents is 1. The highest BCUT2D eigenvalue weighted by Crippen LogP contribution is 2.35. The number of carbonyl (C=O) groups is 2. The molecule has 0 saturated heterocycles. The Kier molecular flexibility index (Phi) is 5.32. The van der Waals surface area contributed by atoms with Crippen LogP contribution in [0.25, 0.3) is 0 Å². The smallest absolute Gasteiger partial charge is 0.270 e. The van der Waals surface area contributed by atoms with Crippen LogP contribution in [-0.2, 0) is 11.2 Å². The minimum Gasteiger partial charge on any atom is -0.343 e. The topological polar surface area (TPSA) is 92.6 Å². The molecule has 0 fully saturated rings. The van der Waals surface area contributed by atoms with Gasteiger partial charge in [0, 0.05) is 29.1 Å². The predicted octanol–water partition coefficient (Wildman–Crippen LogP) is 2.92. The molecule has 26 heavy (non-hydrogen) atoms. The number of nitrogens with zero attached hydrogens (tertiary/aromatic N) is 2. The van der Waals surface area contributed by atoms with Gasteiger partial charge in [0.05, 0.1) is 17.5 Å². The Labute approximate surface area is 154 Å². The van der Waals surface area contributed by atoms with Gasteiger partial charge in [0.15, 0.2) is 0 Å². The van der Waals surface area contributed by atoms with Gasteiger partial charge in [-0.3, -0.25) is 19.7 Å². The third kappa shape index (κ3) is 3.60. The average molecular weight is 373 g/mol. The predicted molar refractivity (Wildman–Crippen MR) is 98.2 cm³/mol. The van der Waals surface area contributed by atoms with Crippen LogP contribution < -0.4 is 5.32 Å². The molecule has 2 amide bonds. The standard InChI is InChI=1S/C18H19N3O4S/c1-2-15-14-7-9-26-16(14)6-8-20(15)17(22)11-19-18(23)12-4-3-5-13(10-12)21(24)25/h3-5,7,9-10,15H,2,6,8,11H2,1H3,(H,19,23)/t15-/m0/s1. The number of thiophene rings is 1. The fraction of sp³-hybridized carbons (Fsp3) is 0.333. The van der Waals surface area contributed by atoms with Gasteiger partial charge in [0.1, 0.15) is 0 Å². The van der Waals surface area contributed by atoms with Gasteiger partial charge in [-0.15, -0.1) is 11.3 Å². The molecule has 136 valence electrons. The van der Waals surface area contributed by atoms with Crippen LogP contribution in [0.2, 0.25) is 0 Å². The second-order valence-corrected chi connectivity index (χ2v) is 7.05. The van der Waals surface area contributed by atoms with E-state index in [1.165, 1.54) is 34.7 Å². The first kappa shape index (κ1) is 18.1. The van der Waals surface area contributed by atoms with Crippen molar-refractivity contribution in [2.45, 2.75) is 25.8 Å². The minimum absolute atomic E-state index is 0.0345. The molecule has 0 aliphatic carbocycles. The molecule has 0 unspecified atom stereocenters. The molecule has 1 aromatic carbocycles. The first-order chi connectivity index (χ1) is 12.5. The summed E-state index contributed by atoms with van der Waals surface area (Å²) in [6.45, 7) is 2.55. The molecule has 0 saturated carbocycles. The molecule has 1 N–H and O–H groups in total. The van der Waals surface area contributed by atoms with Crippen molar-refractivity contribution in [2.24, 2.45) is 0 Å². The van der Waals surface area contributed by atoms with Gasteiger partial charge >= 0.3 is 0 Å². The first-order valence-electron chi connectivity index (χ1n) is 8.39. The lowest BCUT2D eigenvalue weighted by Crippen LogP contribution is -2.44. The summed E-state index contributed by atoms with van der Waals surface area (Å²) in [5.41, 5.74) is 1.20. The maximum atomic E-state index is 12.6. The Balaban J connectivity index is 1.64. The molecule has 2 heterocycles. The molecule has 2 aromatic rings. The molecule has 3 rings (SSSR count). The molecule has 1 aliphatic rings. The van der Waals surface area contributed by atoms with Crippen LogP contribution in [0, 0.1) is 10.1 Å². The van der Waals surface area contributed by atoms with E-state index < -0.39 is 10.8 Å². The lowest BCUT2D eigenvalue weighted by Gasteiger charge is -2.35. The fourth-order valence-corrected chi connectivity index (χ4v) is 4.18. The van der Waals surface area contributed by atoms with Crippen LogP contribution in [-0.4, -0.2) is 34.7 Å². The quantitative estimate of drug-likeness (QED) is 0.644. The molecule has 1 aromatic heterocycles. The van der Waals surface area contributed by atoms with Crippen molar-refractivity contribution in [3.05, 3.63) is 61.8 Å². The molecule has 0 bridgehead atoms. The summed E-state index contributed by atoms with van der Waals surface area (Å²) >= 11 is 1.71. The zero-order valence-corrected chi connectivity index (χ0v) is 15.1. The van der Waals surface area contributed by atoms with Gasteiger partial charge in [-0.1, -0.05) is 13.0 Å². The van der Waals surface area contributed by atoms with Gasteiger partial charge in [-0.2, -0.15) is 0 Å². The van der Waals surface area contributed by atoms with Crippen LogP contribution in [0.5, 0.6) is 0 Å². The van der Waals surface area contributed by atoms with E-state index in [2.05, 4.69) is 11.4 Å². The third-order valence-electron chi connectivity index (χ3n) is 4.52. The summed E-state index contributed by atoms with van der Waals surface area (Å²) in [4.78, 5) is 38.2. The van der Waals surface area contributed by atoms with Crippen LogP contribution >= 0.6 is 11.3 Å². The van der Waals surface area contributed by atoms with Crippen molar-refractivity contribution in [1.29, 1.82) is 0 Å². The zero-order valence-electron chi connectivity index (χ0n) is 14.3. The Bertz CT molecular complexity index is 848. The second kappa shape index (κ2) is 7.65. The Morgan fingerprint density at radius 1 is 1.38 bits per heavy atom. The number of hydrogen-bond donors (Lipinski definition) is 1. The fourth-order valence-electron chi connectivity index (χ4n) is 3.26. The third-order valence-corrected chi connectivity index (χ3v) is 5.52. The van der Waals surface area contributed by atoms with E-state index in [9.17, 15) is 19.7 Å². The van der Waals surface area contributed by atoms with E-state index in [0.29, 0.717) is 6.54 Å². The van der Waals surface area contributed by atoms with E-state index >= 15 is 0 Å². The highest BCUT2D eigenvalue weighted by molar-refractivity contribution is 7.10. The zero-order chi connectivity index (χ0) is 18.7. The van der Waals surface area contributed by atoms with Gasteiger partial charge < -0.3 is 10.2 Å². The Hall–Kier alpha value is -2.74. The van der Waals surface area contributed by atoms with Crippen LogP contribution in [0.15, 0.2) is 35.7 Å². The van der Waals surface area contributed by atoms with Crippen LogP contribution in [0.4, 0.5) is 5.69 Å². The SMILES string of the molecule is CC[C@H]1c2ccsc2CCN1C(=O)CNC(=O)c1cccc([N+](=O)[O-])c1. The molecular weight excluding hydrogens is 354 g/mol. The maximum absolute atomic E-state index is 12.6. The van der Waals surface area contributed by atoms with Crippen LogP contribution in [0.3, 0.4) is 0 Å². The normalized spacial score (nSPS) is 16.0. The molecule has 1 atom stereocenters. The number of amides is 2. The van der Waals surface area contributed by atoms with Crippen molar-refractivity contribution >= 4 is 28.8 Å². The summed E-state index contributed by atoms with van der Waals surface area (Å²) in [5.74, 6) is -0.643. The number of nitro groups is 1. The lowest BCUT2D eigenvalue weighted by molar-refractivity contribution is -0.384. The average Bonchev–Trinajstić information content (AvgIpc) is 3.13. The molecule has 7 nitrogen and oxygen atoms in total. The highest BCUT2D eigenvalue weighted by atomic mass is 32.1. The van der Waals surface area contributed by atoms with E-state index in [0.717, 1.165) is 12.8 Å². The summed E-state index contributed by atoms with van der Waals surface area (Å²) in [6, 6.07) is 7.56. The van der Waals surface area contributed by atoms with Gasteiger partial charge in [-0.05, 0) is 35.9 Å².